The van der Waals surface area contributed by atoms with E-state index in [2.05, 4.69) is 10.3 Å². The topological polar surface area (TPSA) is 106 Å². The van der Waals surface area contributed by atoms with E-state index in [4.69, 9.17) is 4.18 Å². The van der Waals surface area contributed by atoms with Gasteiger partial charge in [-0.05, 0) is 52.6 Å². The van der Waals surface area contributed by atoms with Gasteiger partial charge >= 0.3 is 16.1 Å². The zero-order valence-corrected chi connectivity index (χ0v) is 22.6. The van der Waals surface area contributed by atoms with E-state index in [1.165, 1.54) is 0 Å². The third kappa shape index (κ3) is 6.09. The molecule has 3 rings (SSSR count). The molecule has 0 bridgehead atoms. The fourth-order valence-electron chi connectivity index (χ4n) is 3.83. The minimum atomic E-state index is -4.67. The van der Waals surface area contributed by atoms with Gasteiger partial charge in [0, 0.05) is 6.07 Å². The molecule has 0 spiro atoms. The molecule has 11 heteroatoms. The SMILES string of the molecule is CC(C)c1cc(C(C)C)c(S(=O)(=O)Oc2nc(Nc3ccc(F)cc3F)c(C(=O)O)cc2F)c(C(C)C)c1. The predicted octanol–water partition coefficient (Wildman–Crippen LogP) is 7.08. The van der Waals surface area contributed by atoms with Gasteiger partial charge in [-0.15, -0.1) is 0 Å². The van der Waals surface area contributed by atoms with Crippen LogP contribution in [0.2, 0.25) is 0 Å². The number of anilines is 2. The van der Waals surface area contributed by atoms with Gasteiger partial charge in [0.05, 0.1) is 5.69 Å². The van der Waals surface area contributed by atoms with Gasteiger partial charge in [-0.1, -0.05) is 53.7 Å². The van der Waals surface area contributed by atoms with E-state index in [0.29, 0.717) is 23.3 Å². The highest BCUT2D eigenvalue weighted by Gasteiger charge is 2.31. The lowest BCUT2D eigenvalue weighted by Crippen LogP contribution is -2.19. The molecule has 2 N–H and O–H groups in total. The minimum absolute atomic E-state index is 0.116. The molecule has 7 nitrogen and oxygen atoms in total. The van der Waals surface area contributed by atoms with Crippen LogP contribution >= 0.6 is 0 Å². The molecule has 0 saturated heterocycles. The maximum Gasteiger partial charge on any atom is 0.341 e. The minimum Gasteiger partial charge on any atom is -0.478 e. The summed E-state index contributed by atoms with van der Waals surface area (Å²) in [6.45, 7) is 11.3. The number of benzene rings is 2. The van der Waals surface area contributed by atoms with Gasteiger partial charge in [-0.25, -0.2) is 18.0 Å². The summed E-state index contributed by atoms with van der Waals surface area (Å²) in [4.78, 5) is 15.3. The van der Waals surface area contributed by atoms with Crippen LogP contribution in [0.4, 0.5) is 24.7 Å². The van der Waals surface area contributed by atoms with E-state index in [1.54, 1.807) is 12.1 Å². The summed E-state index contributed by atoms with van der Waals surface area (Å²) in [7, 11) is -4.67. The van der Waals surface area contributed by atoms with Crippen LogP contribution in [0.15, 0.2) is 41.3 Å². The van der Waals surface area contributed by atoms with Crippen LogP contribution in [0.5, 0.6) is 5.88 Å². The molecule has 0 saturated carbocycles. The molecule has 38 heavy (non-hydrogen) atoms. The molecule has 0 unspecified atom stereocenters. The number of carboxylic acids is 1. The number of hydrogen-bond acceptors (Lipinski definition) is 6. The predicted molar refractivity (Wildman–Crippen MR) is 137 cm³/mol. The highest BCUT2D eigenvalue weighted by molar-refractivity contribution is 7.87. The van der Waals surface area contributed by atoms with E-state index in [1.807, 2.05) is 41.5 Å². The summed E-state index contributed by atoms with van der Waals surface area (Å²) in [5.41, 5.74) is 0.806. The number of rotatable bonds is 9. The van der Waals surface area contributed by atoms with Gasteiger partial charge in [0.1, 0.15) is 27.9 Å². The van der Waals surface area contributed by atoms with Crippen LogP contribution in [0, 0.1) is 17.5 Å². The lowest BCUT2D eigenvalue weighted by molar-refractivity contribution is 0.0697. The van der Waals surface area contributed by atoms with Crippen molar-refractivity contribution in [1.82, 2.24) is 4.98 Å². The average molecular weight is 551 g/mol. The first-order valence-corrected chi connectivity index (χ1v) is 13.3. The Labute approximate surface area is 219 Å². The third-order valence-electron chi connectivity index (χ3n) is 5.88. The fourth-order valence-corrected chi connectivity index (χ4v) is 5.41. The smallest absolute Gasteiger partial charge is 0.341 e. The monoisotopic (exact) mass is 550 g/mol. The maximum absolute atomic E-state index is 14.9. The second-order valence-corrected chi connectivity index (χ2v) is 11.2. The number of nitrogens with one attached hydrogen (secondary N) is 1. The molecule has 0 aliphatic carbocycles. The molecule has 0 amide bonds. The molecule has 0 atom stereocenters. The third-order valence-corrected chi connectivity index (χ3v) is 7.23. The maximum atomic E-state index is 14.9. The largest absolute Gasteiger partial charge is 0.478 e. The van der Waals surface area contributed by atoms with E-state index < -0.39 is 50.8 Å². The Balaban J connectivity index is 2.17. The number of carbonyl (C=O) groups is 1. The summed E-state index contributed by atoms with van der Waals surface area (Å²) in [6.07, 6.45) is 0. The number of aromatic carboxylic acids is 1. The number of aromatic nitrogens is 1. The molecule has 1 heterocycles. The van der Waals surface area contributed by atoms with Crippen molar-refractivity contribution in [3.63, 3.8) is 0 Å². The standard InChI is InChI=1S/C27H29F3N2O5S/c1-13(2)16-9-18(14(3)4)24(19(10-16)15(5)6)38(35,36)37-26-22(30)12-20(27(33)34)25(32-26)31-23-8-7-17(28)11-21(23)29/h7-15H,1-6H3,(H,31,32)(H,33,34). The lowest BCUT2D eigenvalue weighted by atomic mass is 9.89. The molecule has 2 aromatic carbocycles. The Kier molecular flexibility index (Phi) is 8.40. The number of nitrogens with zero attached hydrogens (tertiary/aromatic N) is 1. The van der Waals surface area contributed by atoms with Crippen molar-refractivity contribution in [2.24, 2.45) is 0 Å². The van der Waals surface area contributed by atoms with Crippen LogP contribution in [0.25, 0.3) is 0 Å². The summed E-state index contributed by atoms with van der Waals surface area (Å²) in [5.74, 6) is -6.90. The molecule has 1 aromatic heterocycles. The zero-order valence-electron chi connectivity index (χ0n) is 21.8. The number of halogens is 3. The van der Waals surface area contributed by atoms with Gasteiger partial charge in [-0.2, -0.15) is 13.4 Å². The van der Waals surface area contributed by atoms with Crippen LogP contribution in [0.1, 0.15) is 86.3 Å². The average Bonchev–Trinajstić information content (AvgIpc) is 2.81. The lowest BCUT2D eigenvalue weighted by Gasteiger charge is -2.22. The zero-order chi connectivity index (χ0) is 28.5. The molecule has 3 aromatic rings. The Hall–Kier alpha value is -3.60. The Morgan fingerprint density at radius 2 is 1.47 bits per heavy atom. The fraction of sp³-hybridized carbons (Fsp3) is 0.333. The molecule has 0 aliphatic rings. The first-order chi connectivity index (χ1) is 17.6. The van der Waals surface area contributed by atoms with Gasteiger partial charge in [0.25, 0.3) is 5.88 Å². The molecule has 0 fully saturated rings. The van der Waals surface area contributed by atoms with Crippen molar-refractivity contribution in [1.29, 1.82) is 0 Å². The van der Waals surface area contributed by atoms with Crippen LogP contribution in [-0.2, 0) is 10.1 Å². The van der Waals surface area contributed by atoms with Crippen molar-refractivity contribution in [2.45, 2.75) is 64.2 Å². The number of pyridine rings is 1. The Morgan fingerprint density at radius 3 is 1.95 bits per heavy atom. The molecule has 0 radical (unpaired) electrons. The van der Waals surface area contributed by atoms with Crippen molar-refractivity contribution < 1.29 is 35.7 Å². The number of carboxylic acid groups (broad SMARTS) is 1. The van der Waals surface area contributed by atoms with E-state index >= 15 is 0 Å². The summed E-state index contributed by atoms with van der Waals surface area (Å²) in [6, 6.07) is 6.52. The van der Waals surface area contributed by atoms with Gasteiger partial charge in [0.15, 0.2) is 5.82 Å². The second-order valence-electron chi connectivity index (χ2n) is 9.76. The van der Waals surface area contributed by atoms with Crippen molar-refractivity contribution in [3.8, 4) is 5.88 Å². The number of hydrogen-bond donors (Lipinski definition) is 2. The second kappa shape index (κ2) is 11.0. The summed E-state index contributed by atoms with van der Waals surface area (Å²) >= 11 is 0. The Bertz CT molecular complexity index is 1460. The molecule has 0 aliphatic heterocycles. The van der Waals surface area contributed by atoms with Crippen molar-refractivity contribution >= 4 is 27.6 Å². The highest BCUT2D eigenvalue weighted by Crippen LogP contribution is 2.37. The molecular weight excluding hydrogens is 521 g/mol. The Morgan fingerprint density at radius 1 is 0.895 bits per heavy atom. The van der Waals surface area contributed by atoms with Crippen molar-refractivity contribution in [2.75, 3.05) is 5.32 Å². The quantitative estimate of drug-likeness (QED) is 0.274. The van der Waals surface area contributed by atoms with Crippen LogP contribution in [0.3, 0.4) is 0 Å². The highest BCUT2D eigenvalue weighted by atomic mass is 32.2. The molecular formula is C27H29F3N2O5S. The summed E-state index contributed by atoms with van der Waals surface area (Å²) < 4.78 is 74.8. The first kappa shape index (κ1) is 29.0. The van der Waals surface area contributed by atoms with Crippen molar-refractivity contribution in [3.05, 3.63) is 76.1 Å². The van der Waals surface area contributed by atoms with Gasteiger partial charge < -0.3 is 14.6 Å². The van der Waals surface area contributed by atoms with Crippen LogP contribution in [-0.4, -0.2) is 24.5 Å². The van der Waals surface area contributed by atoms with Gasteiger partial charge in [-0.3, -0.25) is 0 Å². The molecule has 204 valence electrons. The van der Waals surface area contributed by atoms with E-state index in [9.17, 15) is 31.5 Å². The van der Waals surface area contributed by atoms with Crippen LogP contribution < -0.4 is 9.50 Å². The van der Waals surface area contributed by atoms with Gasteiger partial charge in [0.2, 0.25) is 0 Å². The first-order valence-electron chi connectivity index (χ1n) is 11.9. The summed E-state index contributed by atoms with van der Waals surface area (Å²) in [5, 5.41) is 11.8. The van der Waals surface area contributed by atoms with E-state index in [0.717, 1.165) is 17.7 Å². The normalized spacial score (nSPS) is 11.9. The van der Waals surface area contributed by atoms with E-state index in [-0.39, 0.29) is 28.3 Å².